The van der Waals surface area contributed by atoms with Crippen LogP contribution < -0.4 is 0 Å². The van der Waals surface area contributed by atoms with Crippen LogP contribution in [-0.4, -0.2) is 22.9 Å². The molecule has 2 saturated carbocycles. The van der Waals surface area contributed by atoms with Gasteiger partial charge in [0.05, 0.1) is 6.10 Å². The van der Waals surface area contributed by atoms with Gasteiger partial charge in [-0.1, -0.05) is 0 Å². The van der Waals surface area contributed by atoms with E-state index in [1.807, 2.05) is 0 Å². The van der Waals surface area contributed by atoms with Crippen molar-refractivity contribution in [3.05, 3.63) is 0 Å². The zero-order chi connectivity index (χ0) is 7.14. The first-order valence-corrected chi connectivity index (χ1v) is 4.12. The van der Waals surface area contributed by atoms with Crippen LogP contribution in [0.1, 0.15) is 19.3 Å². The Kier molecular flexibility index (Phi) is 1.46. The van der Waals surface area contributed by atoms with Gasteiger partial charge in [0.25, 0.3) is 0 Å². The van der Waals surface area contributed by atoms with Crippen molar-refractivity contribution < 1.29 is 10.2 Å². The summed E-state index contributed by atoms with van der Waals surface area (Å²) >= 11 is 0. The molecule has 0 aromatic rings. The van der Waals surface area contributed by atoms with E-state index in [0.717, 1.165) is 12.8 Å². The van der Waals surface area contributed by atoms with Crippen LogP contribution in [0.2, 0.25) is 0 Å². The maximum Gasteiger partial charge on any atom is 0.0574 e. The van der Waals surface area contributed by atoms with Crippen LogP contribution in [-0.2, 0) is 0 Å². The highest BCUT2D eigenvalue weighted by atomic mass is 16.3. The van der Waals surface area contributed by atoms with Crippen LogP contribution in [0.15, 0.2) is 0 Å². The summed E-state index contributed by atoms with van der Waals surface area (Å²) < 4.78 is 0. The molecule has 10 heavy (non-hydrogen) atoms. The normalized spacial score (nSPS) is 52.2. The third kappa shape index (κ3) is 0.722. The fourth-order valence-electron chi connectivity index (χ4n) is 2.72. The third-order valence-electron chi connectivity index (χ3n) is 3.28. The SMILES string of the molecule is OCC1C2CCC1C(O)C2. The highest BCUT2D eigenvalue weighted by Crippen LogP contribution is 2.48. The van der Waals surface area contributed by atoms with E-state index in [2.05, 4.69) is 0 Å². The summed E-state index contributed by atoms with van der Waals surface area (Å²) in [7, 11) is 0. The zero-order valence-electron chi connectivity index (χ0n) is 6.03. The standard InChI is InChI=1S/C8H14O2/c9-4-7-5-1-2-6(7)8(10)3-5/h5-10H,1-4H2. The van der Waals surface area contributed by atoms with Crippen molar-refractivity contribution in [3.63, 3.8) is 0 Å². The van der Waals surface area contributed by atoms with Crippen LogP contribution in [0.5, 0.6) is 0 Å². The molecule has 58 valence electrons. The number of rotatable bonds is 1. The van der Waals surface area contributed by atoms with Gasteiger partial charge in [0.1, 0.15) is 0 Å². The van der Waals surface area contributed by atoms with Crippen molar-refractivity contribution in [2.45, 2.75) is 25.4 Å². The molecule has 0 radical (unpaired) electrons. The predicted octanol–water partition coefficient (Wildman–Crippen LogP) is 0.386. The molecular weight excluding hydrogens is 128 g/mol. The summed E-state index contributed by atoms with van der Waals surface area (Å²) in [4.78, 5) is 0. The van der Waals surface area contributed by atoms with E-state index in [0.29, 0.717) is 17.8 Å². The molecule has 2 fully saturated rings. The number of hydrogen-bond donors (Lipinski definition) is 2. The van der Waals surface area contributed by atoms with Gasteiger partial charge < -0.3 is 10.2 Å². The summed E-state index contributed by atoms with van der Waals surface area (Å²) in [6.07, 6.45) is 3.20. The lowest BCUT2D eigenvalue weighted by atomic mass is 9.97. The van der Waals surface area contributed by atoms with Crippen LogP contribution in [0.25, 0.3) is 0 Å². The molecule has 2 heteroatoms. The molecule has 2 bridgehead atoms. The topological polar surface area (TPSA) is 40.5 Å². The lowest BCUT2D eigenvalue weighted by Crippen LogP contribution is -2.18. The fraction of sp³-hybridized carbons (Fsp3) is 1.00. The molecule has 2 aliphatic carbocycles. The van der Waals surface area contributed by atoms with E-state index in [4.69, 9.17) is 5.11 Å². The predicted molar refractivity (Wildman–Crippen MR) is 37.4 cm³/mol. The van der Waals surface area contributed by atoms with Crippen LogP contribution in [0, 0.1) is 17.8 Å². The Labute approximate surface area is 60.9 Å². The van der Waals surface area contributed by atoms with Gasteiger partial charge >= 0.3 is 0 Å². The molecule has 0 saturated heterocycles. The molecule has 2 aliphatic rings. The monoisotopic (exact) mass is 142 g/mol. The summed E-state index contributed by atoms with van der Waals surface area (Å²) in [6.45, 7) is 0.284. The summed E-state index contributed by atoms with van der Waals surface area (Å²) in [5.41, 5.74) is 0. The molecule has 2 nitrogen and oxygen atoms in total. The molecule has 0 heterocycles. The quantitative estimate of drug-likeness (QED) is 0.556. The van der Waals surface area contributed by atoms with Gasteiger partial charge in [-0.25, -0.2) is 0 Å². The van der Waals surface area contributed by atoms with Gasteiger partial charge in [0, 0.05) is 6.61 Å². The van der Waals surface area contributed by atoms with Crippen molar-refractivity contribution in [1.29, 1.82) is 0 Å². The summed E-state index contributed by atoms with van der Waals surface area (Å²) in [5, 5.41) is 18.4. The van der Waals surface area contributed by atoms with E-state index in [1.165, 1.54) is 6.42 Å². The fourth-order valence-corrected chi connectivity index (χ4v) is 2.72. The Balaban J connectivity index is 2.11. The van der Waals surface area contributed by atoms with Crippen LogP contribution in [0.3, 0.4) is 0 Å². The zero-order valence-corrected chi connectivity index (χ0v) is 6.03. The molecular formula is C8H14O2. The minimum Gasteiger partial charge on any atom is -0.396 e. The van der Waals surface area contributed by atoms with Gasteiger partial charge in [-0.05, 0) is 37.0 Å². The Morgan fingerprint density at radius 3 is 2.40 bits per heavy atom. The first-order chi connectivity index (χ1) is 4.83. The Hall–Kier alpha value is -0.0800. The van der Waals surface area contributed by atoms with Gasteiger partial charge in [-0.2, -0.15) is 0 Å². The third-order valence-corrected chi connectivity index (χ3v) is 3.28. The molecule has 0 amide bonds. The minimum absolute atomic E-state index is 0.101. The van der Waals surface area contributed by atoms with Crippen molar-refractivity contribution in [2.24, 2.45) is 17.8 Å². The Morgan fingerprint density at radius 2 is 2.10 bits per heavy atom. The summed E-state index contributed by atoms with van der Waals surface area (Å²) in [6, 6.07) is 0. The van der Waals surface area contributed by atoms with E-state index in [-0.39, 0.29) is 12.7 Å². The van der Waals surface area contributed by atoms with Crippen molar-refractivity contribution >= 4 is 0 Å². The average Bonchev–Trinajstić information content (AvgIpc) is 2.42. The molecule has 2 N–H and O–H groups in total. The van der Waals surface area contributed by atoms with E-state index >= 15 is 0 Å². The van der Waals surface area contributed by atoms with Crippen LogP contribution >= 0.6 is 0 Å². The van der Waals surface area contributed by atoms with Gasteiger partial charge in [0.2, 0.25) is 0 Å². The van der Waals surface area contributed by atoms with Crippen molar-refractivity contribution in [1.82, 2.24) is 0 Å². The molecule has 4 unspecified atom stereocenters. The molecule has 2 rings (SSSR count). The van der Waals surface area contributed by atoms with E-state index in [9.17, 15) is 5.11 Å². The smallest absolute Gasteiger partial charge is 0.0574 e. The molecule has 0 spiro atoms. The number of fused-ring (bicyclic) bond motifs is 2. The van der Waals surface area contributed by atoms with Crippen molar-refractivity contribution in [3.8, 4) is 0 Å². The maximum absolute atomic E-state index is 9.41. The second-order valence-electron chi connectivity index (χ2n) is 3.65. The van der Waals surface area contributed by atoms with Gasteiger partial charge in [0.15, 0.2) is 0 Å². The van der Waals surface area contributed by atoms with E-state index < -0.39 is 0 Å². The molecule has 0 aliphatic heterocycles. The number of aliphatic hydroxyl groups is 2. The molecule has 0 aromatic heterocycles. The Morgan fingerprint density at radius 1 is 1.30 bits per heavy atom. The average molecular weight is 142 g/mol. The second kappa shape index (κ2) is 2.21. The minimum atomic E-state index is -0.101. The molecule has 4 atom stereocenters. The van der Waals surface area contributed by atoms with Gasteiger partial charge in [-0.15, -0.1) is 0 Å². The lowest BCUT2D eigenvalue weighted by Gasteiger charge is -2.15. The first-order valence-electron chi connectivity index (χ1n) is 4.12. The first kappa shape index (κ1) is 6.62. The highest BCUT2D eigenvalue weighted by molar-refractivity contribution is 4.96. The number of aliphatic hydroxyl groups excluding tert-OH is 2. The van der Waals surface area contributed by atoms with Crippen molar-refractivity contribution in [2.75, 3.05) is 6.61 Å². The Bertz CT molecular complexity index is 135. The summed E-state index contributed by atoms with van der Waals surface area (Å²) in [5.74, 6) is 1.48. The highest BCUT2D eigenvalue weighted by Gasteiger charge is 2.46. The second-order valence-corrected chi connectivity index (χ2v) is 3.65. The maximum atomic E-state index is 9.41. The van der Waals surface area contributed by atoms with Gasteiger partial charge in [-0.3, -0.25) is 0 Å². The lowest BCUT2D eigenvalue weighted by molar-refractivity contribution is 0.0974. The number of hydrogen-bond acceptors (Lipinski definition) is 2. The largest absolute Gasteiger partial charge is 0.396 e. The molecule has 0 aromatic carbocycles. The van der Waals surface area contributed by atoms with E-state index in [1.54, 1.807) is 0 Å². The van der Waals surface area contributed by atoms with Crippen LogP contribution in [0.4, 0.5) is 0 Å².